The average molecular weight is 380 g/mol. The third kappa shape index (κ3) is 4.25. The van der Waals surface area contributed by atoms with Gasteiger partial charge < -0.3 is 15.0 Å². The van der Waals surface area contributed by atoms with Crippen LogP contribution in [-0.4, -0.2) is 29.7 Å². The maximum Gasteiger partial charge on any atom is 0.418 e. The monoisotopic (exact) mass is 380 g/mol. The van der Waals surface area contributed by atoms with Gasteiger partial charge in [0.1, 0.15) is 11.3 Å². The van der Waals surface area contributed by atoms with Crippen LogP contribution in [0.5, 0.6) is 0 Å². The van der Waals surface area contributed by atoms with E-state index in [-0.39, 0.29) is 18.0 Å². The number of hydrogen-bond donors (Lipinski definition) is 2. The molecule has 8 heteroatoms. The highest BCUT2D eigenvalue weighted by Crippen LogP contribution is 2.35. The highest BCUT2D eigenvalue weighted by molar-refractivity contribution is 5.80. The number of ether oxygens (including phenoxy) is 1. The Morgan fingerprint density at radius 1 is 1.33 bits per heavy atom. The molecule has 2 N–H and O–H groups in total. The summed E-state index contributed by atoms with van der Waals surface area (Å²) in [7, 11) is 0. The number of rotatable bonds is 5. The molecule has 0 unspecified atom stereocenters. The highest BCUT2D eigenvalue weighted by Gasteiger charge is 2.35. The van der Waals surface area contributed by atoms with E-state index >= 15 is 0 Å². The number of nitriles is 1. The molecule has 1 aromatic carbocycles. The summed E-state index contributed by atoms with van der Waals surface area (Å²) in [6.45, 7) is 5.49. The Bertz CT molecular complexity index is 845. The van der Waals surface area contributed by atoms with Gasteiger partial charge in [0, 0.05) is 32.2 Å². The van der Waals surface area contributed by atoms with E-state index in [1.54, 1.807) is 6.07 Å². The molecule has 0 saturated carbocycles. The Balaban J connectivity index is 1.83. The molecule has 1 fully saturated rings. The van der Waals surface area contributed by atoms with E-state index in [1.807, 2.05) is 13.8 Å². The van der Waals surface area contributed by atoms with Gasteiger partial charge in [0.05, 0.1) is 22.6 Å². The molecule has 2 aromatic rings. The number of hydrogen-bond acceptors (Lipinski definition) is 4. The van der Waals surface area contributed by atoms with Crippen molar-refractivity contribution in [3.63, 3.8) is 0 Å². The molecule has 5 nitrogen and oxygen atoms in total. The lowest BCUT2D eigenvalue weighted by Crippen LogP contribution is -2.37. The normalized spacial score (nSPS) is 17.4. The van der Waals surface area contributed by atoms with Gasteiger partial charge in [0.2, 0.25) is 0 Å². The van der Waals surface area contributed by atoms with Crippen LogP contribution in [-0.2, 0) is 17.5 Å². The van der Waals surface area contributed by atoms with Gasteiger partial charge in [0.25, 0.3) is 0 Å². The molecule has 0 amide bonds. The molecular weight excluding hydrogens is 357 g/mol. The molecule has 1 aliphatic heterocycles. The minimum Gasteiger partial charge on any atom is -0.381 e. The fraction of sp³-hybridized carbons (Fsp3) is 0.579. The zero-order valence-electron chi connectivity index (χ0n) is 15.4. The Labute approximate surface area is 155 Å². The first-order chi connectivity index (χ1) is 12.7. The van der Waals surface area contributed by atoms with Crippen LogP contribution in [0.4, 0.5) is 13.2 Å². The van der Waals surface area contributed by atoms with Crippen molar-refractivity contribution in [2.45, 2.75) is 45.3 Å². The predicted octanol–water partition coefficient (Wildman–Crippen LogP) is 4.12. The number of aromatic amines is 1. The molecule has 1 saturated heterocycles. The first-order valence-electron chi connectivity index (χ1n) is 9.03. The number of imidazole rings is 1. The number of nitrogens with one attached hydrogen (secondary N) is 2. The second-order valence-electron chi connectivity index (χ2n) is 7.42. The van der Waals surface area contributed by atoms with E-state index in [0.717, 1.165) is 6.07 Å². The van der Waals surface area contributed by atoms with E-state index in [9.17, 15) is 18.4 Å². The quantitative estimate of drug-likeness (QED) is 0.819. The van der Waals surface area contributed by atoms with Crippen molar-refractivity contribution >= 4 is 11.0 Å². The molecule has 0 spiro atoms. The number of benzene rings is 1. The third-order valence-electron chi connectivity index (χ3n) is 5.00. The summed E-state index contributed by atoms with van der Waals surface area (Å²) >= 11 is 0. The second-order valence-corrected chi connectivity index (χ2v) is 7.42. The molecule has 2 heterocycles. The lowest BCUT2D eigenvalue weighted by Gasteiger charge is -2.30. The van der Waals surface area contributed by atoms with E-state index in [0.29, 0.717) is 49.5 Å². The maximum atomic E-state index is 13.5. The summed E-state index contributed by atoms with van der Waals surface area (Å²) in [5.41, 5.74) is -0.414. The number of halogens is 3. The predicted molar refractivity (Wildman–Crippen MR) is 95.0 cm³/mol. The fourth-order valence-electron chi connectivity index (χ4n) is 3.32. The van der Waals surface area contributed by atoms with Crippen molar-refractivity contribution in [3.8, 4) is 6.07 Å². The van der Waals surface area contributed by atoms with Crippen LogP contribution in [0, 0.1) is 16.7 Å². The van der Waals surface area contributed by atoms with Gasteiger partial charge in [-0.3, -0.25) is 0 Å². The summed E-state index contributed by atoms with van der Waals surface area (Å²) in [5, 5.41) is 12.6. The minimum absolute atomic E-state index is 0.00376. The smallest absolute Gasteiger partial charge is 0.381 e. The molecule has 0 aliphatic carbocycles. The Kier molecular flexibility index (Phi) is 5.45. The standard InChI is InChI=1S/C19H23F3N4O/c1-12(2)17-25-15-8-13(7-14(16(15)26-17)19(20,21)22)9-24-11-18(10-23)3-5-27-6-4-18/h7-8,12,24H,3-6,9,11H2,1-2H3,(H,25,26). The highest BCUT2D eigenvalue weighted by atomic mass is 19.4. The van der Waals surface area contributed by atoms with E-state index in [1.165, 1.54) is 0 Å². The Morgan fingerprint density at radius 3 is 2.63 bits per heavy atom. The van der Waals surface area contributed by atoms with E-state index in [4.69, 9.17) is 4.74 Å². The van der Waals surface area contributed by atoms with Gasteiger partial charge >= 0.3 is 6.18 Å². The van der Waals surface area contributed by atoms with Crippen LogP contribution in [0.1, 0.15) is 49.6 Å². The first-order valence-corrected chi connectivity index (χ1v) is 9.03. The molecule has 0 atom stereocenters. The molecule has 27 heavy (non-hydrogen) atoms. The van der Waals surface area contributed by atoms with Crippen molar-refractivity contribution in [2.24, 2.45) is 5.41 Å². The second kappa shape index (κ2) is 7.49. The zero-order valence-corrected chi connectivity index (χ0v) is 15.4. The van der Waals surface area contributed by atoms with Crippen LogP contribution in [0.3, 0.4) is 0 Å². The average Bonchev–Trinajstić information content (AvgIpc) is 3.05. The first kappa shape index (κ1) is 19.6. The lowest BCUT2D eigenvalue weighted by molar-refractivity contribution is -0.136. The summed E-state index contributed by atoms with van der Waals surface area (Å²) in [6, 6.07) is 5.18. The number of fused-ring (bicyclic) bond motifs is 1. The van der Waals surface area contributed by atoms with Gasteiger partial charge in [-0.1, -0.05) is 13.8 Å². The van der Waals surface area contributed by atoms with Crippen LogP contribution in [0.2, 0.25) is 0 Å². The summed E-state index contributed by atoms with van der Waals surface area (Å²) in [6.07, 6.45) is -3.23. The van der Waals surface area contributed by atoms with Crippen molar-refractivity contribution in [2.75, 3.05) is 19.8 Å². The summed E-state index contributed by atoms with van der Waals surface area (Å²) < 4.78 is 45.8. The number of alkyl halides is 3. The van der Waals surface area contributed by atoms with Gasteiger partial charge in [-0.15, -0.1) is 0 Å². The maximum absolute atomic E-state index is 13.5. The molecule has 146 valence electrons. The van der Waals surface area contributed by atoms with Gasteiger partial charge in [-0.2, -0.15) is 18.4 Å². The summed E-state index contributed by atoms with van der Waals surface area (Å²) in [5.74, 6) is 0.537. The van der Waals surface area contributed by atoms with Crippen LogP contribution in [0.25, 0.3) is 11.0 Å². The van der Waals surface area contributed by atoms with Crippen molar-refractivity contribution in [1.82, 2.24) is 15.3 Å². The Hall–Kier alpha value is -2.11. The van der Waals surface area contributed by atoms with Crippen LogP contribution < -0.4 is 5.32 Å². The van der Waals surface area contributed by atoms with E-state index < -0.39 is 17.2 Å². The van der Waals surface area contributed by atoms with Crippen LogP contribution in [0.15, 0.2) is 12.1 Å². The Morgan fingerprint density at radius 2 is 2.04 bits per heavy atom. The van der Waals surface area contributed by atoms with E-state index in [2.05, 4.69) is 21.4 Å². The molecule has 3 rings (SSSR count). The number of nitrogens with zero attached hydrogens (tertiary/aromatic N) is 2. The number of aromatic nitrogens is 2. The minimum atomic E-state index is -4.48. The van der Waals surface area contributed by atoms with Crippen LogP contribution >= 0.6 is 0 Å². The van der Waals surface area contributed by atoms with Crippen molar-refractivity contribution < 1.29 is 17.9 Å². The topological polar surface area (TPSA) is 73.7 Å². The molecule has 1 aliphatic rings. The third-order valence-corrected chi connectivity index (χ3v) is 5.00. The summed E-state index contributed by atoms with van der Waals surface area (Å²) in [4.78, 5) is 7.14. The van der Waals surface area contributed by atoms with Gasteiger partial charge in [-0.25, -0.2) is 4.98 Å². The molecular formula is C19H23F3N4O. The fourth-order valence-corrected chi connectivity index (χ4v) is 3.32. The molecule has 0 radical (unpaired) electrons. The van der Waals surface area contributed by atoms with Gasteiger partial charge in [0.15, 0.2) is 0 Å². The van der Waals surface area contributed by atoms with Crippen molar-refractivity contribution in [3.05, 3.63) is 29.1 Å². The molecule has 0 bridgehead atoms. The largest absolute Gasteiger partial charge is 0.418 e. The number of H-pyrrole nitrogens is 1. The SMILES string of the molecule is CC(C)c1nc2c(C(F)(F)F)cc(CNCC3(C#N)CCOCC3)cc2[nH]1. The zero-order chi connectivity index (χ0) is 19.7. The molecule has 1 aromatic heterocycles. The van der Waals surface area contributed by atoms with Gasteiger partial charge in [-0.05, 0) is 30.5 Å². The lowest BCUT2D eigenvalue weighted by atomic mass is 9.82. The van der Waals surface area contributed by atoms with Crippen molar-refractivity contribution in [1.29, 1.82) is 5.26 Å².